The third kappa shape index (κ3) is 5.83. The van der Waals surface area contributed by atoms with Gasteiger partial charge in [-0.2, -0.15) is 4.39 Å². The van der Waals surface area contributed by atoms with Gasteiger partial charge in [0.15, 0.2) is 4.80 Å². The van der Waals surface area contributed by atoms with E-state index in [1.54, 1.807) is 49.4 Å². The Labute approximate surface area is 259 Å². The van der Waals surface area contributed by atoms with Crippen molar-refractivity contribution >= 4 is 34.7 Å². The normalized spacial score (nSPS) is 14.6. The van der Waals surface area contributed by atoms with Gasteiger partial charge in [0.1, 0.15) is 17.3 Å². The molecule has 0 saturated carbocycles. The Kier molecular flexibility index (Phi) is 7.97. The molecule has 3 aromatic carbocycles. The number of ether oxygens (including phenoxy) is 1. The third-order valence-electron chi connectivity index (χ3n) is 7.13. The van der Waals surface area contributed by atoms with Gasteiger partial charge in [-0.1, -0.05) is 41.7 Å². The van der Waals surface area contributed by atoms with Crippen LogP contribution in [0.1, 0.15) is 31.2 Å². The zero-order valence-corrected chi connectivity index (χ0v) is 24.8. The summed E-state index contributed by atoms with van der Waals surface area (Å²) in [6.45, 7) is 4.11. The van der Waals surface area contributed by atoms with Crippen LogP contribution in [0, 0.1) is 15.9 Å². The van der Waals surface area contributed by atoms with E-state index in [0.717, 1.165) is 23.5 Å². The number of fused-ring (bicyclic) bond motifs is 1. The van der Waals surface area contributed by atoms with Gasteiger partial charge in [0.2, 0.25) is 5.82 Å². The first kappa shape index (κ1) is 29.5. The number of halogens is 1. The largest absolute Gasteiger partial charge is 0.494 e. The molecule has 6 rings (SSSR count). The topological polar surface area (TPSA) is 129 Å². The van der Waals surface area contributed by atoms with E-state index in [1.165, 1.54) is 10.6 Å². The molecular formula is C33H25FN4O6S. The van der Waals surface area contributed by atoms with Crippen molar-refractivity contribution in [2.24, 2.45) is 4.99 Å². The van der Waals surface area contributed by atoms with E-state index in [-0.39, 0.29) is 17.2 Å². The highest BCUT2D eigenvalue weighted by atomic mass is 32.1. The number of para-hydroxylation sites is 1. The lowest BCUT2D eigenvalue weighted by Gasteiger charge is -2.25. The van der Waals surface area contributed by atoms with E-state index in [2.05, 4.69) is 10.3 Å². The standard InChI is InChI=1S/C33H25FN4O6S/c1-3-43-23-12-9-20(10-13-23)30-29(31(39)36-22-7-5-4-6-8-22)19(2)35-33-37(30)32(40)28(45-33)18-24-14-16-27(44-24)21-11-15-25(34)26(17-21)38(41)42/h4-18,30H,3H2,1-2H3,(H,36,39)/b28-18-/t30-/m0/s1. The number of hydrogen-bond acceptors (Lipinski definition) is 8. The second-order valence-corrected chi connectivity index (χ2v) is 11.0. The highest BCUT2D eigenvalue weighted by molar-refractivity contribution is 7.07. The van der Waals surface area contributed by atoms with Crippen molar-refractivity contribution in [1.82, 2.24) is 4.57 Å². The van der Waals surface area contributed by atoms with Crippen molar-refractivity contribution in [2.45, 2.75) is 19.9 Å². The number of nitrogens with zero attached hydrogens (tertiary/aromatic N) is 3. The van der Waals surface area contributed by atoms with Crippen molar-refractivity contribution in [2.75, 3.05) is 11.9 Å². The number of allylic oxidation sites excluding steroid dienone is 1. The van der Waals surface area contributed by atoms with E-state index in [0.29, 0.717) is 55.5 Å². The fraction of sp³-hybridized carbons (Fsp3) is 0.121. The molecule has 10 nitrogen and oxygen atoms in total. The number of thiazole rings is 1. The number of anilines is 1. The average Bonchev–Trinajstić information content (AvgIpc) is 3.61. The molecule has 0 spiro atoms. The van der Waals surface area contributed by atoms with Crippen LogP contribution in [0.25, 0.3) is 17.4 Å². The quantitative estimate of drug-likeness (QED) is 0.177. The summed E-state index contributed by atoms with van der Waals surface area (Å²) in [5, 5.41) is 14.1. The maximum Gasteiger partial charge on any atom is 0.305 e. The first-order valence-corrected chi connectivity index (χ1v) is 14.7. The van der Waals surface area contributed by atoms with E-state index >= 15 is 0 Å². The Balaban J connectivity index is 1.43. The molecule has 5 aromatic rings. The number of nitro groups is 1. The molecular weight excluding hydrogens is 599 g/mol. The molecule has 0 saturated heterocycles. The van der Waals surface area contributed by atoms with Gasteiger partial charge in [-0.15, -0.1) is 0 Å². The first-order chi connectivity index (χ1) is 21.7. The van der Waals surface area contributed by atoms with E-state index in [9.17, 15) is 24.1 Å². The second-order valence-electron chi connectivity index (χ2n) is 10.0. The number of rotatable bonds is 8. The van der Waals surface area contributed by atoms with Gasteiger partial charge in [0, 0.05) is 23.4 Å². The summed E-state index contributed by atoms with van der Waals surface area (Å²) >= 11 is 1.14. The van der Waals surface area contributed by atoms with Crippen molar-refractivity contribution < 1.29 is 23.3 Å². The number of nitrogens with one attached hydrogen (secondary N) is 1. The zero-order chi connectivity index (χ0) is 31.7. The smallest absolute Gasteiger partial charge is 0.305 e. The molecule has 0 unspecified atom stereocenters. The maximum atomic E-state index is 14.0. The number of hydrogen-bond donors (Lipinski definition) is 1. The van der Waals surface area contributed by atoms with Gasteiger partial charge in [0.25, 0.3) is 11.5 Å². The Morgan fingerprint density at radius 3 is 2.60 bits per heavy atom. The SMILES string of the molecule is CCOc1ccc([C@H]2C(C(=O)Nc3ccccc3)=C(C)N=c3s/c(=C\c4ccc(-c5ccc(F)c([N+](=O)[O-])c5)o4)c(=O)n32)cc1. The Morgan fingerprint density at radius 2 is 1.89 bits per heavy atom. The zero-order valence-electron chi connectivity index (χ0n) is 24.0. The van der Waals surface area contributed by atoms with Crippen LogP contribution in [-0.2, 0) is 4.79 Å². The van der Waals surface area contributed by atoms with Gasteiger partial charge in [-0.05, 0) is 67.9 Å². The third-order valence-corrected chi connectivity index (χ3v) is 8.12. The summed E-state index contributed by atoms with van der Waals surface area (Å²) in [7, 11) is 0. The van der Waals surface area contributed by atoms with Crippen LogP contribution in [0.2, 0.25) is 0 Å². The van der Waals surface area contributed by atoms with Crippen LogP contribution >= 0.6 is 11.3 Å². The molecule has 0 aliphatic carbocycles. The lowest BCUT2D eigenvalue weighted by atomic mass is 9.95. The number of carbonyl (C=O) groups is 1. The molecule has 3 heterocycles. The van der Waals surface area contributed by atoms with Gasteiger partial charge >= 0.3 is 5.69 Å². The first-order valence-electron chi connectivity index (χ1n) is 13.9. The van der Waals surface area contributed by atoms with Gasteiger partial charge in [0.05, 0.1) is 33.4 Å². The lowest BCUT2D eigenvalue weighted by molar-refractivity contribution is -0.387. The van der Waals surface area contributed by atoms with E-state index in [1.807, 2.05) is 37.3 Å². The minimum atomic E-state index is -0.953. The minimum Gasteiger partial charge on any atom is -0.494 e. The number of furan rings is 1. The summed E-state index contributed by atoms with van der Waals surface area (Å²) in [6, 6.07) is 22.1. The molecule has 1 atom stereocenters. The molecule has 0 fully saturated rings. The molecule has 12 heteroatoms. The van der Waals surface area contributed by atoms with Crippen molar-refractivity contribution in [3.8, 4) is 17.1 Å². The van der Waals surface area contributed by atoms with Gasteiger partial charge < -0.3 is 14.5 Å². The summed E-state index contributed by atoms with van der Waals surface area (Å²) in [6.07, 6.45) is 1.55. The molecule has 1 N–H and O–H groups in total. The molecule has 1 aliphatic heterocycles. The summed E-state index contributed by atoms with van der Waals surface area (Å²) in [5.74, 6) is -0.118. The second kappa shape index (κ2) is 12.2. The minimum absolute atomic E-state index is 0.264. The number of amides is 1. The highest BCUT2D eigenvalue weighted by Gasteiger charge is 2.32. The Hall–Kier alpha value is -5.62. The Morgan fingerprint density at radius 1 is 1.13 bits per heavy atom. The van der Waals surface area contributed by atoms with Crippen LogP contribution in [-0.4, -0.2) is 22.0 Å². The van der Waals surface area contributed by atoms with Crippen LogP contribution in [0.3, 0.4) is 0 Å². The molecule has 45 heavy (non-hydrogen) atoms. The predicted octanol–water partition coefficient (Wildman–Crippen LogP) is 5.58. The molecule has 0 radical (unpaired) electrons. The van der Waals surface area contributed by atoms with E-state index in [4.69, 9.17) is 9.15 Å². The van der Waals surface area contributed by atoms with Crippen molar-refractivity contribution in [3.05, 3.63) is 143 Å². The highest BCUT2D eigenvalue weighted by Crippen LogP contribution is 2.32. The molecule has 226 valence electrons. The van der Waals surface area contributed by atoms with Gasteiger partial charge in [-0.25, -0.2) is 4.99 Å². The summed E-state index contributed by atoms with van der Waals surface area (Å²) in [4.78, 5) is 43.1. The predicted molar refractivity (Wildman–Crippen MR) is 167 cm³/mol. The summed E-state index contributed by atoms with van der Waals surface area (Å²) in [5.41, 5.74) is 1.33. The monoisotopic (exact) mass is 624 g/mol. The Bertz CT molecular complexity index is 2150. The van der Waals surface area contributed by atoms with Gasteiger partial charge in [-0.3, -0.25) is 24.3 Å². The summed E-state index contributed by atoms with van der Waals surface area (Å²) < 4.78 is 27.1. The van der Waals surface area contributed by atoms with Crippen LogP contribution in [0.4, 0.5) is 15.8 Å². The number of nitro benzene ring substituents is 1. The van der Waals surface area contributed by atoms with Crippen molar-refractivity contribution in [1.29, 1.82) is 0 Å². The number of aromatic nitrogens is 1. The van der Waals surface area contributed by atoms with Crippen LogP contribution in [0.5, 0.6) is 5.75 Å². The van der Waals surface area contributed by atoms with Crippen LogP contribution < -0.4 is 24.9 Å². The molecule has 0 bridgehead atoms. The van der Waals surface area contributed by atoms with Crippen molar-refractivity contribution in [3.63, 3.8) is 0 Å². The van der Waals surface area contributed by atoms with Crippen LogP contribution in [0.15, 0.2) is 110 Å². The lowest BCUT2D eigenvalue weighted by Crippen LogP contribution is -2.40. The fourth-order valence-electron chi connectivity index (χ4n) is 5.08. The molecule has 2 aromatic heterocycles. The average molecular weight is 625 g/mol. The number of benzene rings is 3. The molecule has 1 amide bonds. The van der Waals surface area contributed by atoms with E-state index < -0.39 is 22.5 Å². The fourth-order valence-corrected chi connectivity index (χ4v) is 6.11. The number of carbonyl (C=O) groups excluding carboxylic acids is 1. The maximum absolute atomic E-state index is 14.0. The molecule has 1 aliphatic rings.